The Morgan fingerprint density at radius 2 is 2.00 bits per heavy atom. The fourth-order valence-electron chi connectivity index (χ4n) is 2.60. The SMILES string of the molecule is CC(C)(C)N(CC(=O)O)C(=O)NCC1Cc2ccccc21. The van der Waals surface area contributed by atoms with Crippen molar-refractivity contribution in [1.82, 2.24) is 10.2 Å². The lowest BCUT2D eigenvalue weighted by atomic mass is 9.78. The highest BCUT2D eigenvalue weighted by Crippen LogP contribution is 2.34. The van der Waals surface area contributed by atoms with Crippen LogP contribution in [0.25, 0.3) is 0 Å². The van der Waals surface area contributed by atoms with E-state index in [0.29, 0.717) is 12.5 Å². The lowest BCUT2D eigenvalue weighted by Crippen LogP contribution is -2.53. The normalized spacial score (nSPS) is 16.6. The lowest BCUT2D eigenvalue weighted by Gasteiger charge is -2.36. The number of fused-ring (bicyclic) bond motifs is 1. The molecule has 0 aromatic heterocycles. The standard InChI is InChI=1S/C16H22N2O3/c1-16(2,3)18(10-14(19)20)15(21)17-9-12-8-11-6-4-5-7-13(11)12/h4-7,12H,8-10H2,1-3H3,(H,17,21)(H,19,20). The first kappa shape index (κ1) is 15.4. The number of amides is 2. The number of nitrogens with zero attached hydrogens (tertiary/aromatic N) is 1. The number of urea groups is 1. The van der Waals surface area contributed by atoms with Crippen LogP contribution in [0.3, 0.4) is 0 Å². The van der Waals surface area contributed by atoms with Crippen molar-refractivity contribution in [2.75, 3.05) is 13.1 Å². The van der Waals surface area contributed by atoms with Crippen molar-refractivity contribution in [3.05, 3.63) is 35.4 Å². The van der Waals surface area contributed by atoms with Crippen LogP contribution in [0.2, 0.25) is 0 Å². The van der Waals surface area contributed by atoms with Crippen LogP contribution in [0.4, 0.5) is 4.79 Å². The van der Waals surface area contributed by atoms with E-state index >= 15 is 0 Å². The fourth-order valence-corrected chi connectivity index (χ4v) is 2.60. The highest BCUT2D eigenvalue weighted by Gasteiger charge is 2.30. The number of rotatable bonds is 4. The fraction of sp³-hybridized carbons (Fsp3) is 0.500. The van der Waals surface area contributed by atoms with Gasteiger partial charge >= 0.3 is 12.0 Å². The summed E-state index contributed by atoms with van der Waals surface area (Å²) in [5.74, 6) is -0.675. The Morgan fingerprint density at radius 3 is 2.57 bits per heavy atom. The van der Waals surface area contributed by atoms with E-state index in [1.807, 2.05) is 32.9 Å². The third-order valence-corrected chi connectivity index (χ3v) is 3.81. The van der Waals surface area contributed by atoms with E-state index in [9.17, 15) is 9.59 Å². The van der Waals surface area contributed by atoms with Crippen molar-refractivity contribution in [2.24, 2.45) is 0 Å². The molecule has 5 heteroatoms. The van der Waals surface area contributed by atoms with Crippen LogP contribution in [0.15, 0.2) is 24.3 Å². The molecule has 1 aromatic rings. The highest BCUT2D eigenvalue weighted by atomic mass is 16.4. The van der Waals surface area contributed by atoms with Gasteiger partial charge in [-0.1, -0.05) is 24.3 Å². The van der Waals surface area contributed by atoms with Gasteiger partial charge in [-0.25, -0.2) is 4.79 Å². The van der Waals surface area contributed by atoms with Crippen molar-refractivity contribution < 1.29 is 14.7 Å². The number of aliphatic carboxylic acids is 1. The van der Waals surface area contributed by atoms with Crippen LogP contribution < -0.4 is 5.32 Å². The van der Waals surface area contributed by atoms with E-state index < -0.39 is 11.5 Å². The Kier molecular flexibility index (Phi) is 4.21. The first-order chi connectivity index (χ1) is 9.79. The highest BCUT2D eigenvalue weighted by molar-refractivity contribution is 5.80. The molecule has 1 unspecified atom stereocenters. The predicted octanol–water partition coefficient (Wildman–Crippen LogP) is 2.22. The van der Waals surface area contributed by atoms with E-state index in [0.717, 1.165) is 6.42 Å². The maximum atomic E-state index is 12.2. The molecule has 5 nitrogen and oxygen atoms in total. The van der Waals surface area contributed by atoms with Crippen LogP contribution >= 0.6 is 0 Å². The minimum Gasteiger partial charge on any atom is -0.480 e. The van der Waals surface area contributed by atoms with E-state index in [2.05, 4.69) is 17.4 Å². The maximum absolute atomic E-state index is 12.2. The molecule has 1 aliphatic carbocycles. The van der Waals surface area contributed by atoms with Gasteiger partial charge < -0.3 is 15.3 Å². The first-order valence-corrected chi connectivity index (χ1v) is 7.14. The summed E-state index contributed by atoms with van der Waals surface area (Å²) in [6, 6.07) is 7.86. The Labute approximate surface area is 125 Å². The second-order valence-corrected chi connectivity index (χ2v) is 6.44. The first-order valence-electron chi connectivity index (χ1n) is 7.14. The summed E-state index contributed by atoms with van der Waals surface area (Å²) in [5, 5.41) is 11.8. The number of carboxylic acids is 1. The zero-order valence-corrected chi connectivity index (χ0v) is 12.7. The van der Waals surface area contributed by atoms with Gasteiger partial charge in [0, 0.05) is 18.0 Å². The van der Waals surface area contributed by atoms with Gasteiger partial charge in [-0.05, 0) is 38.3 Å². The molecular formula is C16H22N2O3. The second-order valence-electron chi connectivity index (χ2n) is 6.44. The van der Waals surface area contributed by atoms with Gasteiger partial charge in [0.05, 0.1) is 0 Å². The molecule has 0 saturated heterocycles. The van der Waals surface area contributed by atoms with Crippen molar-refractivity contribution in [3.8, 4) is 0 Å². The topological polar surface area (TPSA) is 69.6 Å². The summed E-state index contributed by atoms with van der Waals surface area (Å²) in [4.78, 5) is 24.5. The number of carboxylic acid groups (broad SMARTS) is 1. The number of benzene rings is 1. The van der Waals surface area contributed by atoms with Crippen LogP contribution in [0.5, 0.6) is 0 Å². The molecule has 0 spiro atoms. The van der Waals surface area contributed by atoms with Gasteiger partial charge in [-0.2, -0.15) is 0 Å². The third-order valence-electron chi connectivity index (χ3n) is 3.81. The van der Waals surface area contributed by atoms with Crippen molar-refractivity contribution in [1.29, 1.82) is 0 Å². The molecule has 0 bridgehead atoms. The van der Waals surface area contributed by atoms with Gasteiger partial charge in [-0.3, -0.25) is 4.79 Å². The zero-order chi connectivity index (χ0) is 15.6. The number of nitrogens with one attached hydrogen (secondary N) is 1. The number of hydrogen-bond acceptors (Lipinski definition) is 2. The second kappa shape index (κ2) is 5.76. The lowest BCUT2D eigenvalue weighted by molar-refractivity contribution is -0.138. The average Bonchev–Trinajstić information content (AvgIpc) is 2.35. The molecule has 114 valence electrons. The molecule has 2 rings (SSSR count). The van der Waals surface area contributed by atoms with Gasteiger partial charge in [0.1, 0.15) is 6.54 Å². The summed E-state index contributed by atoms with van der Waals surface area (Å²) in [6.45, 7) is 5.73. The van der Waals surface area contributed by atoms with Gasteiger partial charge in [0.2, 0.25) is 0 Å². The molecule has 1 aliphatic rings. The zero-order valence-electron chi connectivity index (χ0n) is 12.7. The molecule has 2 N–H and O–H groups in total. The number of carbonyl (C=O) groups is 2. The van der Waals surface area contributed by atoms with Crippen molar-refractivity contribution >= 4 is 12.0 Å². The number of hydrogen-bond donors (Lipinski definition) is 2. The summed E-state index contributed by atoms with van der Waals surface area (Å²) in [7, 11) is 0. The Balaban J connectivity index is 1.93. The van der Waals surface area contributed by atoms with E-state index in [-0.39, 0.29) is 12.6 Å². The van der Waals surface area contributed by atoms with Gasteiger partial charge in [0.25, 0.3) is 0 Å². The van der Waals surface area contributed by atoms with Crippen LogP contribution in [-0.2, 0) is 11.2 Å². The average molecular weight is 290 g/mol. The Bertz CT molecular complexity index is 549. The molecular weight excluding hydrogens is 268 g/mol. The largest absolute Gasteiger partial charge is 0.480 e. The van der Waals surface area contributed by atoms with Crippen LogP contribution in [0, 0.1) is 0 Å². The summed E-state index contributed by atoms with van der Waals surface area (Å²) in [6.07, 6.45) is 0.963. The van der Waals surface area contributed by atoms with E-state index in [1.54, 1.807) is 0 Å². The van der Waals surface area contributed by atoms with Gasteiger partial charge in [-0.15, -0.1) is 0 Å². The third kappa shape index (κ3) is 3.54. The summed E-state index contributed by atoms with van der Waals surface area (Å²) >= 11 is 0. The maximum Gasteiger partial charge on any atom is 0.323 e. The molecule has 1 atom stereocenters. The van der Waals surface area contributed by atoms with E-state index in [4.69, 9.17) is 5.11 Å². The van der Waals surface area contributed by atoms with Crippen molar-refractivity contribution in [2.45, 2.75) is 38.6 Å². The van der Waals surface area contributed by atoms with E-state index in [1.165, 1.54) is 16.0 Å². The minimum absolute atomic E-state index is 0.295. The van der Waals surface area contributed by atoms with Crippen molar-refractivity contribution in [3.63, 3.8) is 0 Å². The minimum atomic E-state index is -1.01. The van der Waals surface area contributed by atoms with Gasteiger partial charge in [0.15, 0.2) is 0 Å². The smallest absolute Gasteiger partial charge is 0.323 e. The quantitative estimate of drug-likeness (QED) is 0.893. The molecule has 0 fully saturated rings. The molecule has 0 heterocycles. The molecule has 1 aromatic carbocycles. The molecule has 0 radical (unpaired) electrons. The predicted molar refractivity (Wildman–Crippen MR) is 80.4 cm³/mol. The summed E-state index contributed by atoms with van der Waals surface area (Å²) < 4.78 is 0. The molecule has 21 heavy (non-hydrogen) atoms. The molecule has 0 aliphatic heterocycles. The van der Waals surface area contributed by atoms with Crippen LogP contribution in [0.1, 0.15) is 37.8 Å². The molecule has 2 amide bonds. The monoisotopic (exact) mass is 290 g/mol. The molecule has 0 saturated carbocycles. The Morgan fingerprint density at radius 1 is 1.33 bits per heavy atom. The number of carbonyl (C=O) groups excluding carboxylic acids is 1. The Hall–Kier alpha value is -2.04. The summed E-state index contributed by atoms with van der Waals surface area (Å²) in [5.41, 5.74) is 2.08. The van der Waals surface area contributed by atoms with Crippen LogP contribution in [-0.4, -0.2) is 40.6 Å².